The Morgan fingerprint density at radius 1 is 1.07 bits per heavy atom. The number of ether oxygens (including phenoxy) is 2. The molecule has 0 aliphatic carbocycles. The van der Waals surface area contributed by atoms with E-state index in [9.17, 15) is 9.90 Å². The molecule has 3 aromatic rings. The van der Waals surface area contributed by atoms with E-state index >= 15 is 0 Å². The molecule has 1 heterocycles. The molecule has 0 saturated heterocycles. The maximum absolute atomic E-state index is 11.3. The second-order valence-corrected chi connectivity index (χ2v) is 17.9. The van der Waals surface area contributed by atoms with E-state index in [0.717, 1.165) is 51.8 Å². The Bertz CT molecular complexity index is 1230. The summed E-state index contributed by atoms with van der Waals surface area (Å²) in [5.41, 5.74) is 3.31. The Morgan fingerprint density at radius 2 is 1.70 bits per heavy atom. The number of aromatic nitrogens is 1. The number of benzene rings is 2. The number of aliphatic carboxylic acids is 1. The van der Waals surface area contributed by atoms with E-state index in [2.05, 4.69) is 75.2 Å². The Morgan fingerprint density at radius 3 is 2.25 bits per heavy atom. The molecule has 3 rings (SSSR count). The summed E-state index contributed by atoms with van der Waals surface area (Å²) in [6, 6.07) is 14.8. The van der Waals surface area contributed by atoms with E-state index in [-0.39, 0.29) is 23.5 Å². The van der Waals surface area contributed by atoms with Crippen LogP contribution in [-0.2, 0) is 28.5 Å². The number of hydrogen-bond acceptors (Lipinski definition) is 6. The molecule has 0 spiro atoms. The first-order valence-corrected chi connectivity index (χ1v) is 17.7. The molecule has 0 fully saturated rings. The van der Waals surface area contributed by atoms with Crippen LogP contribution in [0.4, 0.5) is 0 Å². The van der Waals surface area contributed by atoms with Gasteiger partial charge in [0.15, 0.2) is 8.32 Å². The third-order valence-electron chi connectivity index (χ3n) is 8.01. The molecule has 2 atom stereocenters. The molecule has 8 heteroatoms. The molecule has 40 heavy (non-hydrogen) atoms. The molecule has 1 unspecified atom stereocenters. The van der Waals surface area contributed by atoms with Crippen LogP contribution in [0.3, 0.4) is 0 Å². The number of aryl methyl sites for hydroxylation is 1. The zero-order valence-electron chi connectivity index (χ0n) is 25.2. The molecule has 0 amide bonds. The van der Waals surface area contributed by atoms with Gasteiger partial charge in [0.1, 0.15) is 11.5 Å². The minimum absolute atomic E-state index is 0.00734. The summed E-state index contributed by atoms with van der Waals surface area (Å²) in [6.07, 6.45) is 5.11. The molecule has 0 bridgehead atoms. The molecule has 0 aliphatic heterocycles. The predicted octanol–water partition coefficient (Wildman–Crippen LogP) is 8.04. The summed E-state index contributed by atoms with van der Waals surface area (Å²) in [4.78, 5) is 16.7. The van der Waals surface area contributed by atoms with Crippen molar-refractivity contribution in [3.63, 3.8) is 0 Å². The largest absolute Gasteiger partial charge is 0.496 e. The number of nitrogens with zero attached hydrogens (tertiary/aromatic N) is 1. The molecular weight excluding hydrogens is 539 g/mol. The van der Waals surface area contributed by atoms with Crippen molar-refractivity contribution in [1.82, 2.24) is 4.98 Å². The number of carboxylic acid groups (broad SMARTS) is 1. The molecule has 0 saturated carbocycles. The maximum atomic E-state index is 11.3. The highest BCUT2D eigenvalue weighted by molar-refractivity contribution is 7.11. The van der Waals surface area contributed by atoms with Gasteiger partial charge in [-0.05, 0) is 73.5 Å². The highest BCUT2D eigenvalue weighted by Crippen LogP contribution is 2.45. The normalized spacial score (nSPS) is 13.6. The van der Waals surface area contributed by atoms with Crippen LogP contribution in [0.1, 0.15) is 66.3 Å². The van der Waals surface area contributed by atoms with Gasteiger partial charge in [-0.15, -0.1) is 11.3 Å². The minimum Gasteiger partial charge on any atom is -0.496 e. The first-order valence-electron chi connectivity index (χ1n) is 13.9. The molecule has 0 aliphatic rings. The van der Waals surface area contributed by atoms with Crippen molar-refractivity contribution in [2.24, 2.45) is 5.92 Å². The molecule has 1 N–H and O–H groups in total. The first-order chi connectivity index (χ1) is 18.8. The van der Waals surface area contributed by atoms with E-state index in [4.69, 9.17) is 13.9 Å². The zero-order chi connectivity index (χ0) is 29.5. The van der Waals surface area contributed by atoms with Gasteiger partial charge in [-0.3, -0.25) is 4.79 Å². The van der Waals surface area contributed by atoms with Gasteiger partial charge in [0.05, 0.1) is 31.8 Å². The van der Waals surface area contributed by atoms with E-state index in [0.29, 0.717) is 6.42 Å². The Labute approximate surface area is 244 Å². The summed E-state index contributed by atoms with van der Waals surface area (Å²) >= 11 is 1.49. The van der Waals surface area contributed by atoms with Crippen LogP contribution < -0.4 is 9.47 Å². The van der Waals surface area contributed by atoms with Gasteiger partial charge < -0.3 is 19.0 Å². The SMILES string of the molecule is COc1cc(C(O[Si](C)(C)C(C)(C)C)[C@H](CCCc2ccccc2)Cc2ncc(CC(=O)O)s2)cc(OC)c1C. The second-order valence-electron chi connectivity index (χ2n) is 12.0. The molecular formula is C32H45NO5SSi. The standard InChI is InChI=1S/C32H45NO5SSi/c1-22-27(36-5)17-25(18-28(22)37-6)31(38-40(7,8)32(2,3)4)24(16-12-15-23-13-10-9-11-14-23)19-29-33-21-26(39-29)20-30(34)35/h9-11,13-14,17-18,21,24,31H,12,15-16,19-20H2,1-8H3,(H,34,35)/t24-,31?/m1/s1. The van der Waals surface area contributed by atoms with Gasteiger partial charge in [-0.1, -0.05) is 51.1 Å². The van der Waals surface area contributed by atoms with E-state index in [1.807, 2.05) is 13.0 Å². The fraction of sp³-hybridized carbons (Fsp3) is 0.500. The summed E-state index contributed by atoms with van der Waals surface area (Å²) in [7, 11) is 1.18. The number of rotatable bonds is 14. The van der Waals surface area contributed by atoms with Crippen molar-refractivity contribution in [3.05, 3.63) is 75.2 Å². The second kappa shape index (κ2) is 13.8. The van der Waals surface area contributed by atoms with Crippen LogP contribution >= 0.6 is 11.3 Å². The predicted molar refractivity (Wildman–Crippen MR) is 165 cm³/mol. The van der Waals surface area contributed by atoms with E-state index < -0.39 is 14.3 Å². The van der Waals surface area contributed by atoms with E-state index in [1.165, 1.54) is 16.9 Å². The van der Waals surface area contributed by atoms with Crippen LogP contribution in [0.5, 0.6) is 11.5 Å². The molecule has 0 radical (unpaired) electrons. The maximum Gasteiger partial charge on any atom is 0.308 e. The molecule has 218 valence electrons. The fourth-order valence-corrected chi connectivity index (χ4v) is 7.00. The highest BCUT2D eigenvalue weighted by atomic mass is 32.1. The van der Waals surface area contributed by atoms with Gasteiger partial charge in [-0.2, -0.15) is 0 Å². The molecule has 2 aromatic carbocycles. The van der Waals surface area contributed by atoms with Crippen LogP contribution in [-0.4, -0.2) is 38.6 Å². The minimum atomic E-state index is -2.20. The lowest BCUT2D eigenvalue weighted by atomic mass is 9.87. The zero-order valence-corrected chi connectivity index (χ0v) is 27.1. The smallest absolute Gasteiger partial charge is 0.308 e. The lowest BCUT2D eigenvalue weighted by Crippen LogP contribution is -2.43. The van der Waals surface area contributed by atoms with E-state index in [1.54, 1.807) is 20.4 Å². The van der Waals surface area contributed by atoms with Crippen molar-refractivity contribution < 1.29 is 23.8 Å². The quantitative estimate of drug-likeness (QED) is 0.194. The third kappa shape index (κ3) is 8.41. The van der Waals surface area contributed by atoms with Crippen LogP contribution in [0.2, 0.25) is 18.1 Å². The van der Waals surface area contributed by atoms with Crippen LogP contribution in [0.25, 0.3) is 0 Å². The summed E-state index contributed by atoms with van der Waals surface area (Å²) in [6.45, 7) is 13.4. The van der Waals surface area contributed by atoms with Crippen molar-refractivity contribution in [1.29, 1.82) is 0 Å². The number of carbonyl (C=O) groups is 1. The van der Waals surface area contributed by atoms with Gasteiger partial charge >= 0.3 is 5.97 Å². The molecule has 1 aromatic heterocycles. The van der Waals surface area contributed by atoms with Crippen molar-refractivity contribution >= 4 is 25.6 Å². The highest BCUT2D eigenvalue weighted by Gasteiger charge is 2.41. The van der Waals surface area contributed by atoms with Gasteiger partial charge in [-0.25, -0.2) is 4.98 Å². The third-order valence-corrected chi connectivity index (χ3v) is 13.5. The number of carboxylic acids is 1. The Hall–Kier alpha value is -2.68. The monoisotopic (exact) mass is 583 g/mol. The van der Waals surface area contributed by atoms with Crippen molar-refractivity contribution in [2.75, 3.05) is 14.2 Å². The van der Waals surface area contributed by atoms with Crippen molar-refractivity contribution in [2.45, 2.75) is 84.0 Å². The average molecular weight is 584 g/mol. The average Bonchev–Trinajstić information content (AvgIpc) is 3.33. The Kier molecular flexibility index (Phi) is 11.0. The fourth-order valence-electron chi connectivity index (χ4n) is 4.67. The lowest BCUT2D eigenvalue weighted by molar-refractivity contribution is -0.136. The van der Waals surface area contributed by atoms with Crippen LogP contribution in [0.15, 0.2) is 48.7 Å². The van der Waals surface area contributed by atoms with Crippen LogP contribution in [0, 0.1) is 12.8 Å². The van der Waals surface area contributed by atoms with Crippen molar-refractivity contribution in [3.8, 4) is 11.5 Å². The van der Waals surface area contributed by atoms with Gasteiger partial charge in [0, 0.05) is 23.1 Å². The number of thiazole rings is 1. The first kappa shape index (κ1) is 31.8. The number of hydrogen-bond donors (Lipinski definition) is 1. The number of methoxy groups -OCH3 is 2. The topological polar surface area (TPSA) is 77.9 Å². The lowest BCUT2D eigenvalue weighted by Gasteiger charge is -2.42. The summed E-state index contributed by atoms with van der Waals surface area (Å²) < 4.78 is 18.8. The Balaban J connectivity index is 2.05. The molecule has 6 nitrogen and oxygen atoms in total. The summed E-state index contributed by atoms with van der Waals surface area (Å²) in [5.74, 6) is 0.838. The van der Waals surface area contributed by atoms with Gasteiger partial charge in [0.2, 0.25) is 0 Å². The van der Waals surface area contributed by atoms with Gasteiger partial charge in [0.25, 0.3) is 0 Å². The summed E-state index contributed by atoms with van der Waals surface area (Å²) in [5, 5.41) is 10.2.